The maximum Gasteiger partial charge on any atom is 0.286 e. The van der Waals surface area contributed by atoms with Crippen molar-refractivity contribution in [2.75, 3.05) is 6.61 Å². The lowest BCUT2D eigenvalue weighted by Gasteiger charge is -1.84. The fourth-order valence-electron chi connectivity index (χ4n) is 0.103. The fraction of sp³-hybridized carbons (Fsp3) is 0.333. The van der Waals surface area contributed by atoms with Crippen molar-refractivity contribution in [1.29, 1.82) is 5.26 Å². The minimum absolute atomic E-state index is 0.323. The van der Waals surface area contributed by atoms with Crippen molar-refractivity contribution in [2.24, 2.45) is 5.73 Å². The Balaban J connectivity index is 3.02. The molecule has 0 atom stereocenters. The van der Waals surface area contributed by atoms with Gasteiger partial charge in [-0.1, -0.05) is 0 Å². The first-order valence-electron chi connectivity index (χ1n) is 1.56. The highest BCUT2D eigenvalue weighted by Crippen LogP contribution is 1.62. The van der Waals surface area contributed by atoms with Gasteiger partial charge < -0.3 is 10.5 Å². The number of nitriles is 1. The molecule has 2 N–H and O–H groups in total. The summed E-state index contributed by atoms with van der Waals surface area (Å²) in [7, 11) is 0. The fourth-order valence-corrected chi connectivity index (χ4v) is 0.103. The van der Waals surface area contributed by atoms with E-state index in [1.807, 2.05) is 0 Å². The first kappa shape index (κ1) is 5.76. The number of rotatable bonds is 2. The third-order valence-corrected chi connectivity index (χ3v) is 0.279. The van der Waals surface area contributed by atoms with Crippen molar-refractivity contribution < 1.29 is 9.53 Å². The highest BCUT2D eigenvalue weighted by molar-refractivity contribution is 5.75. The molecule has 0 aromatic rings. The molecule has 0 aromatic heterocycles. The summed E-state index contributed by atoms with van der Waals surface area (Å²) >= 11 is 0. The SMILES string of the molecule is N#COCC(N)=O. The molecule has 1 amide bonds. The van der Waals surface area contributed by atoms with Crippen LogP contribution in [-0.2, 0) is 9.53 Å². The minimum Gasteiger partial charge on any atom is -0.417 e. The van der Waals surface area contributed by atoms with E-state index in [4.69, 9.17) is 5.26 Å². The Hall–Kier alpha value is -1.24. The van der Waals surface area contributed by atoms with Crippen LogP contribution in [0.1, 0.15) is 0 Å². The van der Waals surface area contributed by atoms with Crippen molar-refractivity contribution in [3.63, 3.8) is 0 Å². The largest absolute Gasteiger partial charge is 0.417 e. The van der Waals surface area contributed by atoms with Gasteiger partial charge in [0.15, 0.2) is 6.61 Å². The summed E-state index contributed by atoms with van der Waals surface area (Å²) in [4.78, 5) is 9.70. The van der Waals surface area contributed by atoms with Crippen molar-refractivity contribution in [3.8, 4) is 6.26 Å². The lowest BCUT2D eigenvalue weighted by Crippen LogP contribution is -2.16. The zero-order valence-electron chi connectivity index (χ0n) is 3.55. The molecule has 0 aromatic carbocycles. The van der Waals surface area contributed by atoms with Crippen LogP contribution < -0.4 is 5.73 Å². The van der Waals surface area contributed by atoms with Crippen LogP contribution in [0.5, 0.6) is 0 Å². The zero-order chi connectivity index (χ0) is 5.70. The second kappa shape index (κ2) is 2.97. The van der Waals surface area contributed by atoms with E-state index in [1.165, 1.54) is 6.26 Å². The highest BCUT2D eigenvalue weighted by Gasteiger charge is 1.88. The van der Waals surface area contributed by atoms with Crippen LogP contribution in [0.15, 0.2) is 0 Å². The number of nitrogens with zero attached hydrogens (tertiary/aromatic N) is 1. The third-order valence-electron chi connectivity index (χ3n) is 0.279. The molecule has 0 unspecified atom stereocenters. The van der Waals surface area contributed by atoms with Crippen LogP contribution in [0.2, 0.25) is 0 Å². The van der Waals surface area contributed by atoms with E-state index in [2.05, 4.69) is 10.5 Å². The zero-order valence-corrected chi connectivity index (χ0v) is 3.55. The Kier molecular flexibility index (Phi) is 2.44. The van der Waals surface area contributed by atoms with Gasteiger partial charge in [-0.25, -0.2) is 0 Å². The standard InChI is InChI=1S/C3H4N2O2/c4-2-7-1-3(5)6/h1H2,(H2,5,6). The molecular weight excluding hydrogens is 96.0 g/mol. The number of hydrogen-bond acceptors (Lipinski definition) is 3. The first-order valence-corrected chi connectivity index (χ1v) is 1.56. The van der Waals surface area contributed by atoms with Crippen LogP contribution in [0.25, 0.3) is 0 Å². The molecule has 0 aliphatic heterocycles. The lowest BCUT2D eigenvalue weighted by molar-refractivity contribution is -0.120. The van der Waals surface area contributed by atoms with Gasteiger partial charge >= 0.3 is 0 Å². The molecule has 0 aliphatic rings. The Morgan fingerprint density at radius 3 is 2.71 bits per heavy atom. The van der Waals surface area contributed by atoms with Crippen LogP contribution in [0.3, 0.4) is 0 Å². The molecule has 0 saturated carbocycles. The average molecular weight is 100 g/mol. The second-order valence-corrected chi connectivity index (χ2v) is 0.846. The quantitative estimate of drug-likeness (QED) is 0.451. The van der Waals surface area contributed by atoms with Crippen molar-refractivity contribution in [1.82, 2.24) is 0 Å². The van der Waals surface area contributed by atoms with Crippen LogP contribution in [0, 0.1) is 11.5 Å². The van der Waals surface area contributed by atoms with Gasteiger partial charge in [-0.05, 0) is 0 Å². The summed E-state index contributed by atoms with van der Waals surface area (Å²) < 4.78 is 3.93. The van der Waals surface area contributed by atoms with E-state index >= 15 is 0 Å². The molecule has 4 nitrogen and oxygen atoms in total. The molecule has 7 heavy (non-hydrogen) atoms. The average Bonchev–Trinajstić information content (AvgIpc) is 1.61. The van der Waals surface area contributed by atoms with Crippen molar-refractivity contribution in [3.05, 3.63) is 0 Å². The topological polar surface area (TPSA) is 76.1 Å². The number of nitrogens with two attached hydrogens (primary N) is 1. The maximum absolute atomic E-state index is 9.70. The molecule has 0 spiro atoms. The van der Waals surface area contributed by atoms with Crippen LogP contribution in [-0.4, -0.2) is 12.5 Å². The summed E-state index contributed by atoms with van der Waals surface area (Å²) in [5.74, 6) is -0.637. The van der Waals surface area contributed by atoms with Gasteiger partial charge in [-0.3, -0.25) is 4.79 Å². The molecule has 38 valence electrons. The van der Waals surface area contributed by atoms with E-state index in [0.29, 0.717) is 0 Å². The number of primary amides is 1. The number of amides is 1. The van der Waals surface area contributed by atoms with Gasteiger partial charge in [0, 0.05) is 0 Å². The molecule has 0 fully saturated rings. The Bertz CT molecular complexity index is 104. The Morgan fingerprint density at radius 1 is 2.00 bits per heavy atom. The summed E-state index contributed by atoms with van der Waals surface area (Å²) in [5.41, 5.74) is 4.56. The second-order valence-electron chi connectivity index (χ2n) is 0.846. The molecule has 4 heteroatoms. The molecule has 0 rings (SSSR count). The van der Waals surface area contributed by atoms with Crippen LogP contribution >= 0.6 is 0 Å². The smallest absolute Gasteiger partial charge is 0.286 e. The summed E-state index contributed by atoms with van der Waals surface area (Å²) in [6, 6.07) is 0. The van der Waals surface area contributed by atoms with Crippen LogP contribution in [0.4, 0.5) is 0 Å². The van der Waals surface area contributed by atoms with Gasteiger partial charge in [0.05, 0.1) is 0 Å². The number of hydrogen-bond donors (Lipinski definition) is 1. The molecular formula is C3H4N2O2. The van der Waals surface area contributed by atoms with E-state index in [9.17, 15) is 4.79 Å². The summed E-state index contributed by atoms with van der Waals surface area (Å²) in [6.07, 6.45) is 1.30. The van der Waals surface area contributed by atoms with Gasteiger partial charge in [0.2, 0.25) is 0 Å². The summed E-state index contributed by atoms with van der Waals surface area (Å²) in [5, 5.41) is 7.64. The monoisotopic (exact) mass is 100 g/mol. The molecule has 0 aliphatic carbocycles. The molecule has 0 saturated heterocycles. The van der Waals surface area contributed by atoms with E-state index in [1.54, 1.807) is 0 Å². The predicted molar refractivity (Wildman–Crippen MR) is 20.8 cm³/mol. The van der Waals surface area contributed by atoms with Gasteiger partial charge in [-0.2, -0.15) is 5.26 Å². The first-order chi connectivity index (χ1) is 3.27. The number of ether oxygens (including phenoxy) is 1. The normalized spacial score (nSPS) is 6.71. The van der Waals surface area contributed by atoms with Crippen molar-refractivity contribution in [2.45, 2.75) is 0 Å². The highest BCUT2D eigenvalue weighted by atomic mass is 16.5. The van der Waals surface area contributed by atoms with Crippen molar-refractivity contribution >= 4 is 5.91 Å². The van der Waals surface area contributed by atoms with E-state index in [0.717, 1.165) is 0 Å². The van der Waals surface area contributed by atoms with Gasteiger partial charge in [0.1, 0.15) is 0 Å². The molecule has 0 radical (unpaired) electrons. The van der Waals surface area contributed by atoms with E-state index in [-0.39, 0.29) is 6.61 Å². The Labute approximate surface area is 40.5 Å². The lowest BCUT2D eigenvalue weighted by atomic mass is 10.7. The number of carbonyl (C=O) groups excluding carboxylic acids is 1. The molecule has 0 bridgehead atoms. The maximum atomic E-state index is 9.70. The molecule has 0 heterocycles. The number of carbonyl (C=O) groups is 1. The van der Waals surface area contributed by atoms with Gasteiger partial charge in [0.25, 0.3) is 12.2 Å². The Morgan fingerprint density at radius 2 is 2.57 bits per heavy atom. The predicted octanol–water partition coefficient (Wildman–Crippen LogP) is -1.03. The van der Waals surface area contributed by atoms with Gasteiger partial charge in [-0.15, -0.1) is 0 Å². The minimum atomic E-state index is -0.637. The third kappa shape index (κ3) is 4.76. The van der Waals surface area contributed by atoms with E-state index < -0.39 is 5.91 Å². The summed E-state index contributed by atoms with van der Waals surface area (Å²) in [6.45, 7) is -0.323.